The molecule has 2 aromatic rings. The summed E-state index contributed by atoms with van der Waals surface area (Å²) in [6, 6.07) is 17.2. The molecule has 2 rings (SSSR count). The number of halogens is 1. The zero-order valence-corrected chi connectivity index (χ0v) is 10.1. The van der Waals surface area contributed by atoms with Gasteiger partial charge in [0.2, 0.25) is 0 Å². The highest BCUT2D eigenvalue weighted by atomic mass is 35.5. The lowest BCUT2D eigenvalue weighted by Gasteiger charge is -2.17. The minimum Gasteiger partial charge on any atom is -0.484 e. The third kappa shape index (κ3) is 3.22. The van der Waals surface area contributed by atoms with Crippen molar-refractivity contribution in [2.24, 2.45) is 5.73 Å². The second-order valence-electron chi connectivity index (χ2n) is 3.71. The van der Waals surface area contributed by atoms with E-state index in [-0.39, 0.29) is 6.10 Å². The Morgan fingerprint density at radius 1 is 1.00 bits per heavy atom. The first kappa shape index (κ1) is 12.0. The van der Waals surface area contributed by atoms with E-state index in [4.69, 9.17) is 22.1 Å². The van der Waals surface area contributed by atoms with Crippen molar-refractivity contribution in [2.75, 3.05) is 6.54 Å². The van der Waals surface area contributed by atoms with E-state index < -0.39 is 0 Å². The molecular weight excluding hydrogens is 234 g/mol. The molecule has 0 aliphatic rings. The third-order valence-corrected chi connectivity index (χ3v) is 2.73. The molecule has 0 fully saturated rings. The molecule has 2 N–H and O–H groups in total. The number of hydrogen-bond acceptors (Lipinski definition) is 2. The molecule has 0 bridgehead atoms. The van der Waals surface area contributed by atoms with Crippen LogP contribution in [0.2, 0.25) is 5.02 Å². The number of hydrogen-bond donors (Lipinski definition) is 1. The van der Waals surface area contributed by atoms with Crippen LogP contribution in [0.1, 0.15) is 11.7 Å². The molecule has 0 saturated carbocycles. The average molecular weight is 248 g/mol. The summed E-state index contributed by atoms with van der Waals surface area (Å²) < 4.78 is 5.82. The SMILES string of the molecule is NCC(Oc1ccccc1)c1ccc(Cl)cc1. The lowest BCUT2D eigenvalue weighted by Crippen LogP contribution is -2.18. The van der Waals surface area contributed by atoms with Crippen LogP contribution in [0.3, 0.4) is 0 Å². The summed E-state index contributed by atoms with van der Waals surface area (Å²) in [6.07, 6.45) is -0.144. The molecule has 0 aliphatic heterocycles. The van der Waals surface area contributed by atoms with E-state index in [2.05, 4.69) is 0 Å². The van der Waals surface area contributed by atoms with Crippen molar-refractivity contribution in [2.45, 2.75) is 6.10 Å². The van der Waals surface area contributed by atoms with Gasteiger partial charge in [-0.25, -0.2) is 0 Å². The van der Waals surface area contributed by atoms with Gasteiger partial charge in [-0.1, -0.05) is 41.9 Å². The molecule has 0 radical (unpaired) electrons. The molecule has 1 unspecified atom stereocenters. The largest absolute Gasteiger partial charge is 0.484 e. The molecular formula is C14H14ClNO. The van der Waals surface area contributed by atoms with Crippen LogP contribution in [0, 0.1) is 0 Å². The van der Waals surface area contributed by atoms with Gasteiger partial charge in [0.05, 0.1) is 0 Å². The fraction of sp³-hybridized carbons (Fsp3) is 0.143. The van der Waals surface area contributed by atoms with Crippen molar-refractivity contribution >= 4 is 11.6 Å². The van der Waals surface area contributed by atoms with Gasteiger partial charge in [-0.15, -0.1) is 0 Å². The van der Waals surface area contributed by atoms with Crippen LogP contribution < -0.4 is 10.5 Å². The van der Waals surface area contributed by atoms with Crippen molar-refractivity contribution in [3.05, 3.63) is 65.2 Å². The fourth-order valence-corrected chi connectivity index (χ4v) is 1.72. The van der Waals surface area contributed by atoms with Gasteiger partial charge in [0.1, 0.15) is 11.9 Å². The topological polar surface area (TPSA) is 35.2 Å². The van der Waals surface area contributed by atoms with Gasteiger partial charge < -0.3 is 10.5 Å². The first-order chi connectivity index (χ1) is 8.29. The van der Waals surface area contributed by atoms with E-state index in [9.17, 15) is 0 Å². The second-order valence-corrected chi connectivity index (χ2v) is 4.14. The zero-order chi connectivity index (χ0) is 12.1. The maximum absolute atomic E-state index is 5.85. The number of ether oxygens (including phenoxy) is 1. The fourth-order valence-electron chi connectivity index (χ4n) is 1.59. The number of benzene rings is 2. The Hall–Kier alpha value is -1.51. The number of para-hydroxylation sites is 1. The average Bonchev–Trinajstić information content (AvgIpc) is 2.38. The minimum absolute atomic E-state index is 0.144. The molecule has 0 spiro atoms. The molecule has 2 aromatic carbocycles. The molecule has 0 aliphatic carbocycles. The smallest absolute Gasteiger partial charge is 0.136 e. The first-order valence-corrected chi connectivity index (χ1v) is 5.84. The molecule has 88 valence electrons. The van der Waals surface area contributed by atoms with Crippen LogP contribution in [0.15, 0.2) is 54.6 Å². The van der Waals surface area contributed by atoms with E-state index in [1.165, 1.54) is 0 Å². The van der Waals surface area contributed by atoms with Gasteiger partial charge >= 0.3 is 0 Å². The van der Waals surface area contributed by atoms with Crippen molar-refractivity contribution in [1.82, 2.24) is 0 Å². The van der Waals surface area contributed by atoms with Gasteiger partial charge in [0.25, 0.3) is 0 Å². The molecule has 3 heteroatoms. The predicted octanol–water partition coefficient (Wildman–Crippen LogP) is 3.42. The first-order valence-electron chi connectivity index (χ1n) is 5.47. The predicted molar refractivity (Wildman–Crippen MR) is 70.3 cm³/mol. The van der Waals surface area contributed by atoms with Gasteiger partial charge in [-0.3, -0.25) is 0 Å². The van der Waals surface area contributed by atoms with Crippen molar-refractivity contribution < 1.29 is 4.74 Å². The van der Waals surface area contributed by atoms with Crippen LogP contribution in [-0.2, 0) is 0 Å². The third-order valence-electron chi connectivity index (χ3n) is 2.48. The lowest BCUT2D eigenvalue weighted by molar-refractivity contribution is 0.214. The summed E-state index contributed by atoms with van der Waals surface area (Å²) in [6.45, 7) is 0.427. The van der Waals surface area contributed by atoms with Crippen LogP contribution in [0.25, 0.3) is 0 Å². The zero-order valence-electron chi connectivity index (χ0n) is 9.34. The van der Waals surface area contributed by atoms with E-state index in [1.807, 2.05) is 54.6 Å². The normalized spacial score (nSPS) is 12.1. The highest BCUT2D eigenvalue weighted by Gasteiger charge is 2.10. The standard InChI is InChI=1S/C14H14ClNO/c15-12-8-6-11(7-9-12)14(10-16)17-13-4-2-1-3-5-13/h1-9,14H,10,16H2. The van der Waals surface area contributed by atoms with Crippen LogP contribution in [-0.4, -0.2) is 6.54 Å². The Morgan fingerprint density at radius 2 is 1.65 bits per heavy atom. The summed E-state index contributed by atoms with van der Waals surface area (Å²) in [7, 11) is 0. The van der Waals surface area contributed by atoms with E-state index in [0.29, 0.717) is 11.6 Å². The van der Waals surface area contributed by atoms with Gasteiger partial charge in [0.15, 0.2) is 0 Å². The van der Waals surface area contributed by atoms with Crippen LogP contribution in [0.4, 0.5) is 0 Å². The maximum atomic E-state index is 5.85. The molecule has 2 nitrogen and oxygen atoms in total. The Balaban J connectivity index is 2.14. The van der Waals surface area contributed by atoms with Crippen LogP contribution in [0.5, 0.6) is 5.75 Å². The van der Waals surface area contributed by atoms with Crippen molar-refractivity contribution in [3.63, 3.8) is 0 Å². The molecule has 1 atom stereocenters. The second kappa shape index (κ2) is 5.71. The Kier molecular flexibility index (Phi) is 4.02. The molecule has 0 saturated heterocycles. The summed E-state index contributed by atoms with van der Waals surface area (Å²) in [5.41, 5.74) is 6.76. The van der Waals surface area contributed by atoms with E-state index in [0.717, 1.165) is 11.3 Å². The van der Waals surface area contributed by atoms with Crippen LogP contribution >= 0.6 is 11.6 Å². The van der Waals surface area contributed by atoms with Gasteiger partial charge in [-0.05, 0) is 29.8 Å². The molecule has 0 heterocycles. The molecule has 17 heavy (non-hydrogen) atoms. The van der Waals surface area contributed by atoms with Crippen molar-refractivity contribution in [3.8, 4) is 5.75 Å². The molecule has 0 amide bonds. The Bertz CT molecular complexity index is 455. The van der Waals surface area contributed by atoms with Gasteiger partial charge in [-0.2, -0.15) is 0 Å². The highest BCUT2D eigenvalue weighted by Crippen LogP contribution is 2.22. The van der Waals surface area contributed by atoms with E-state index >= 15 is 0 Å². The Morgan fingerprint density at radius 3 is 2.24 bits per heavy atom. The summed E-state index contributed by atoms with van der Waals surface area (Å²) >= 11 is 5.85. The van der Waals surface area contributed by atoms with E-state index in [1.54, 1.807) is 0 Å². The minimum atomic E-state index is -0.144. The quantitative estimate of drug-likeness (QED) is 0.899. The highest BCUT2D eigenvalue weighted by molar-refractivity contribution is 6.30. The maximum Gasteiger partial charge on any atom is 0.136 e. The van der Waals surface area contributed by atoms with Crippen molar-refractivity contribution in [1.29, 1.82) is 0 Å². The molecule has 0 aromatic heterocycles. The Labute approximate surface area is 106 Å². The monoisotopic (exact) mass is 247 g/mol. The van der Waals surface area contributed by atoms with Gasteiger partial charge in [0, 0.05) is 11.6 Å². The lowest BCUT2D eigenvalue weighted by atomic mass is 10.1. The summed E-state index contributed by atoms with van der Waals surface area (Å²) in [5.74, 6) is 0.818. The summed E-state index contributed by atoms with van der Waals surface area (Å²) in [5, 5.41) is 0.712. The summed E-state index contributed by atoms with van der Waals surface area (Å²) in [4.78, 5) is 0. The number of rotatable bonds is 4. The number of nitrogens with two attached hydrogens (primary N) is 1.